The number of nitrogens with one attached hydrogen (secondary N) is 1. The Morgan fingerprint density at radius 3 is 2.07 bits per heavy atom. The van der Waals surface area contributed by atoms with E-state index < -0.39 is 22.0 Å². The van der Waals surface area contributed by atoms with Gasteiger partial charge in [-0.15, -0.1) is 0 Å². The van der Waals surface area contributed by atoms with E-state index >= 15 is 0 Å². The van der Waals surface area contributed by atoms with Gasteiger partial charge in [-0.25, -0.2) is 8.42 Å². The predicted octanol–water partition coefficient (Wildman–Crippen LogP) is 4.00. The summed E-state index contributed by atoms with van der Waals surface area (Å²) in [6, 6.07) is 13.3. The zero-order chi connectivity index (χ0) is 20.9. The lowest BCUT2D eigenvalue weighted by Gasteiger charge is -2.28. The fourth-order valence-electron chi connectivity index (χ4n) is 2.86. The Bertz CT molecular complexity index is 891. The molecule has 2 aromatic carbocycles. The summed E-state index contributed by atoms with van der Waals surface area (Å²) in [4.78, 5) is 12.7. The van der Waals surface area contributed by atoms with Gasteiger partial charge in [0.2, 0.25) is 15.9 Å². The maximum atomic E-state index is 12.7. The van der Waals surface area contributed by atoms with Gasteiger partial charge in [-0.3, -0.25) is 9.10 Å². The molecule has 1 N–H and O–H groups in total. The molecular formula is C21H28N2O4S. The number of hydrogen-bond donors (Lipinski definition) is 1. The summed E-state index contributed by atoms with van der Waals surface area (Å²) in [5.74, 6) is 0.628. The highest BCUT2D eigenvalue weighted by atomic mass is 32.2. The van der Waals surface area contributed by atoms with E-state index in [1.165, 1.54) is 0 Å². The molecule has 0 radical (unpaired) electrons. The van der Waals surface area contributed by atoms with E-state index in [0.29, 0.717) is 29.6 Å². The standard InChI is InChI=1S/C21H28N2O4S/c1-6-27-20-13-11-19(12-14-20)23(28(5,25)26)16(4)21(24)22-18-9-7-17(8-10-18)15(2)3/h7-16H,6H2,1-5H3,(H,22,24)/t16-/m1/s1. The quantitative estimate of drug-likeness (QED) is 0.721. The zero-order valence-electron chi connectivity index (χ0n) is 17.0. The monoisotopic (exact) mass is 404 g/mol. The number of carbonyl (C=O) groups excluding carboxylic acids is 1. The lowest BCUT2D eigenvalue weighted by Crippen LogP contribution is -2.45. The number of nitrogens with zero attached hydrogens (tertiary/aromatic N) is 1. The summed E-state index contributed by atoms with van der Waals surface area (Å²) in [5.41, 5.74) is 2.20. The van der Waals surface area contributed by atoms with Crippen LogP contribution >= 0.6 is 0 Å². The number of benzene rings is 2. The molecule has 152 valence electrons. The third kappa shape index (κ3) is 5.48. The van der Waals surface area contributed by atoms with Gasteiger partial charge in [0, 0.05) is 5.69 Å². The molecule has 0 aliphatic carbocycles. The molecule has 0 aliphatic rings. The minimum Gasteiger partial charge on any atom is -0.494 e. The van der Waals surface area contributed by atoms with E-state index in [0.717, 1.165) is 16.1 Å². The largest absolute Gasteiger partial charge is 0.494 e. The van der Waals surface area contributed by atoms with Gasteiger partial charge >= 0.3 is 0 Å². The molecule has 0 spiro atoms. The molecule has 1 atom stereocenters. The van der Waals surface area contributed by atoms with Crippen LogP contribution in [0.2, 0.25) is 0 Å². The van der Waals surface area contributed by atoms with Gasteiger partial charge in [0.15, 0.2) is 0 Å². The summed E-state index contributed by atoms with van der Waals surface area (Å²) < 4.78 is 31.3. The third-order valence-electron chi connectivity index (χ3n) is 4.34. The van der Waals surface area contributed by atoms with E-state index in [4.69, 9.17) is 4.74 Å². The van der Waals surface area contributed by atoms with Crippen LogP contribution in [0.4, 0.5) is 11.4 Å². The molecule has 7 heteroatoms. The summed E-state index contributed by atoms with van der Waals surface area (Å²) in [5, 5.41) is 2.79. The Kier molecular flexibility index (Phi) is 7.07. The van der Waals surface area contributed by atoms with Crippen molar-refractivity contribution in [1.82, 2.24) is 0 Å². The maximum Gasteiger partial charge on any atom is 0.247 e. The Hall–Kier alpha value is -2.54. The Labute approximate surface area is 167 Å². The lowest BCUT2D eigenvalue weighted by atomic mass is 10.0. The number of ether oxygens (including phenoxy) is 1. The van der Waals surface area contributed by atoms with Gasteiger partial charge in [-0.2, -0.15) is 0 Å². The van der Waals surface area contributed by atoms with Gasteiger partial charge in [0.05, 0.1) is 18.6 Å². The number of hydrogen-bond acceptors (Lipinski definition) is 4. The van der Waals surface area contributed by atoms with Crippen molar-refractivity contribution in [3.05, 3.63) is 54.1 Å². The molecule has 0 fully saturated rings. The first-order valence-corrected chi connectivity index (χ1v) is 11.1. The van der Waals surface area contributed by atoms with Crippen molar-refractivity contribution in [3.8, 4) is 5.75 Å². The van der Waals surface area contributed by atoms with Crippen molar-refractivity contribution < 1.29 is 17.9 Å². The average Bonchev–Trinajstić information content (AvgIpc) is 2.62. The molecule has 0 saturated heterocycles. The van der Waals surface area contributed by atoms with Crippen LogP contribution in [0.1, 0.15) is 39.2 Å². The topological polar surface area (TPSA) is 75.7 Å². The fourth-order valence-corrected chi connectivity index (χ4v) is 4.04. The summed E-state index contributed by atoms with van der Waals surface area (Å²) in [6.07, 6.45) is 1.09. The van der Waals surface area contributed by atoms with Crippen molar-refractivity contribution in [2.75, 3.05) is 22.5 Å². The van der Waals surface area contributed by atoms with Crippen LogP contribution in [0.15, 0.2) is 48.5 Å². The molecule has 0 saturated carbocycles. The first kappa shape index (κ1) is 21.8. The van der Waals surface area contributed by atoms with E-state index in [1.54, 1.807) is 31.2 Å². The van der Waals surface area contributed by atoms with Crippen LogP contribution in [-0.4, -0.2) is 33.2 Å². The van der Waals surface area contributed by atoms with E-state index in [9.17, 15) is 13.2 Å². The minimum atomic E-state index is -3.67. The maximum absolute atomic E-state index is 12.7. The zero-order valence-corrected chi connectivity index (χ0v) is 17.8. The third-order valence-corrected chi connectivity index (χ3v) is 5.58. The van der Waals surface area contributed by atoms with Crippen LogP contribution in [0.5, 0.6) is 5.75 Å². The van der Waals surface area contributed by atoms with Gasteiger partial charge in [-0.1, -0.05) is 26.0 Å². The average molecular weight is 405 g/mol. The highest BCUT2D eigenvalue weighted by molar-refractivity contribution is 7.92. The van der Waals surface area contributed by atoms with Crippen molar-refractivity contribution in [3.63, 3.8) is 0 Å². The van der Waals surface area contributed by atoms with Crippen LogP contribution in [0.3, 0.4) is 0 Å². The van der Waals surface area contributed by atoms with Gasteiger partial charge < -0.3 is 10.1 Å². The molecule has 0 aliphatic heterocycles. The second kappa shape index (κ2) is 9.10. The predicted molar refractivity (Wildman–Crippen MR) is 114 cm³/mol. The number of anilines is 2. The van der Waals surface area contributed by atoms with Crippen LogP contribution in [-0.2, 0) is 14.8 Å². The molecule has 0 unspecified atom stereocenters. The molecule has 2 rings (SSSR count). The van der Waals surface area contributed by atoms with Gasteiger partial charge in [0.1, 0.15) is 11.8 Å². The van der Waals surface area contributed by atoms with Crippen LogP contribution in [0, 0.1) is 0 Å². The van der Waals surface area contributed by atoms with E-state index in [2.05, 4.69) is 19.2 Å². The Morgan fingerprint density at radius 2 is 1.61 bits per heavy atom. The van der Waals surface area contributed by atoms with Gasteiger partial charge in [-0.05, 0) is 61.7 Å². The second-order valence-electron chi connectivity index (χ2n) is 6.93. The fraction of sp³-hybridized carbons (Fsp3) is 0.381. The smallest absolute Gasteiger partial charge is 0.247 e. The van der Waals surface area contributed by atoms with Crippen LogP contribution in [0.25, 0.3) is 0 Å². The minimum absolute atomic E-state index is 0.393. The number of carbonyl (C=O) groups is 1. The molecule has 6 nitrogen and oxygen atoms in total. The van der Waals surface area contributed by atoms with E-state index in [-0.39, 0.29) is 0 Å². The molecular weight excluding hydrogens is 376 g/mol. The highest BCUT2D eigenvalue weighted by Gasteiger charge is 2.29. The van der Waals surface area contributed by atoms with Crippen molar-refractivity contribution in [1.29, 1.82) is 0 Å². The summed E-state index contributed by atoms with van der Waals surface area (Å²) in [7, 11) is -3.67. The first-order valence-electron chi connectivity index (χ1n) is 9.26. The van der Waals surface area contributed by atoms with Crippen molar-refractivity contribution in [2.24, 2.45) is 0 Å². The first-order chi connectivity index (χ1) is 13.1. The molecule has 2 aromatic rings. The van der Waals surface area contributed by atoms with Crippen molar-refractivity contribution >= 4 is 27.3 Å². The molecule has 28 heavy (non-hydrogen) atoms. The normalized spacial score (nSPS) is 12.5. The highest BCUT2D eigenvalue weighted by Crippen LogP contribution is 2.25. The number of rotatable bonds is 8. The number of sulfonamides is 1. The SMILES string of the molecule is CCOc1ccc(N([C@H](C)C(=O)Nc2ccc(C(C)C)cc2)S(C)(=O)=O)cc1. The summed E-state index contributed by atoms with van der Waals surface area (Å²) >= 11 is 0. The molecule has 0 heterocycles. The van der Waals surface area contributed by atoms with Gasteiger partial charge in [0.25, 0.3) is 0 Å². The van der Waals surface area contributed by atoms with E-state index in [1.807, 2.05) is 31.2 Å². The summed E-state index contributed by atoms with van der Waals surface area (Å²) in [6.45, 7) is 8.14. The Balaban J connectivity index is 2.22. The molecule has 0 aromatic heterocycles. The molecule has 1 amide bonds. The van der Waals surface area contributed by atoms with Crippen LogP contribution < -0.4 is 14.4 Å². The lowest BCUT2D eigenvalue weighted by molar-refractivity contribution is -0.116. The molecule has 0 bridgehead atoms. The number of amides is 1. The Morgan fingerprint density at radius 1 is 1.04 bits per heavy atom. The second-order valence-corrected chi connectivity index (χ2v) is 8.79. The van der Waals surface area contributed by atoms with Crippen molar-refractivity contribution in [2.45, 2.75) is 39.7 Å².